The summed E-state index contributed by atoms with van der Waals surface area (Å²) >= 11 is 0. The number of hydrogen-bond acceptors (Lipinski definition) is 7. The molecule has 0 spiro atoms. The molecule has 36 heavy (non-hydrogen) atoms. The standard InChI is InChI=1S/C27H30N4O5/c1-17-21(16-28-31(17)18-9-7-6-8-10-18)25(32)23-24(20-15-19(35-4)11-12-22(20)36-5)30(14-13-29(2)3)27(34)26(23)33/h6-12,15-16,24,32H,13-14H2,1-5H3. The number of benzene rings is 2. The molecular weight excluding hydrogens is 460 g/mol. The number of aliphatic hydroxyl groups excluding tert-OH is 1. The van der Waals surface area contributed by atoms with E-state index >= 15 is 0 Å². The molecule has 0 radical (unpaired) electrons. The molecule has 0 saturated carbocycles. The van der Waals surface area contributed by atoms with Crippen molar-refractivity contribution in [2.24, 2.45) is 0 Å². The van der Waals surface area contributed by atoms with Gasteiger partial charge in [0.05, 0.1) is 49.0 Å². The number of carbonyl (C=O) groups excluding carboxylic acids is 2. The van der Waals surface area contributed by atoms with Gasteiger partial charge in [-0.15, -0.1) is 0 Å². The second-order valence-corrected chi connectivity index (χ2v) is 8.79. The van der Waals surface area contributed by atoms with Crippen molar-refractivity contribution in [1.82, 2.24) is 19.6 Å². The first-order valence-corrected chi connectivity index (χ1v) is 11.5. The van der Waals surface area contributed by atoms with Crippen LogP contribution in [0.25, 0.3) is 11.4 Å². The second kappa shape index (κ2) is 10.2. The maximum atomic E-state index is 13.4. The zero-order chi connectivity index (χ0) is 26.0. The van der Waals surface area contributed by atoms with E-state index in [0.717, 1.165) is 5.69 Å². The van der Waals surface area contributed by atoms with Crippen LogP contribution in [-0.2, 0) is 9.59 Å². The van der Waals surface area contributed by atoms with E-state index in [0.29, 0.717) is 34.9 Å². The number of Topliss-reactive ketones (excluding diaryl/α,β-unsaturated/α-hetero) is 1. The van der Waals surface area contributed by atoms with Crippen LogP contribution in [0.1, 0.15) is 22.9 Å². The number of hydrogen-bond donors (Lipinski definition) is 1. The fraction of sp³-hybridized carbons (Fsp3) is 0.296. The Morgan fingerprint density at radius 1 is 1.08 bits per heavy atom. The maximum absolute atomic E-state index is 13.4. The van der Waals surface area contributed by atoms with Crippen molar-refractivity contribution in [2.45, 2.75) is 13.0 Å². The van der Waals surface area contributed by atoms with Gasteiger partial charge in [0, 0.05) is 18.7 Å². The van der Waals surface area contributed by atoms with Crippen LogP contribution < -0.4 is 9.47 Å². The average molecular weight is 491 g/mol. The molecule has 1 atom stereocenters. The highest BCUT2D eigenvalue weighted by Gasteiger charge is 2.47. The van der Waals surface area contributed by atoms with E-state index in [1.807, 2.05) is 49.3 Å². The lowest BCUT2D eigenvalue weighted by Gasteiger charge is -2.27. The molecule has 3 aromatic rings. The predicted octanol–water partition coefficient (Wildman–Crippen LogP) is 3.18. The summed E-state index contributed by atoms with van der Waals surface area (Å²) in [6.45, 7) is 2.61. The largest absolute Gasteiger partial charge is 0.507 e. The fourth-order valence-electron chi connectivity index (χ4n) is 4.41. The second-order valence-electron chi connectivity index (χ2n) is 8.79. The minimum absolute atomic E-state index is 0.0129. The van der Waals surface area contributed by atoms with Gasteiger partial charge in [0.1, 0.15) is 17.3 Å². The summed E-state index contributed by atoms with van der Waals surface area (Å²) in [4.78, 5) is 30.0. The molecular formula is C27H30N4O5. The number of aliphatic hydroxyl groups is 1. The molecule has 1 aromatic heterocycles. The van der Waals surface area contributed by atoms with E-state index in [-0.39, 0.29) is 17.9 Å². The van der Waals surface area contributed by atoms with Gasteiger partial charge in [0.15, 0.2) is 0 Å². The van der Waals surface area contributed by atoms with Gasteiger partial charge in [0.2, 0.25) is 0 Å². The molecule has 1 fully saturated rings. The molecule has 1 amide bonds. The summed E-state index contributed by atoms with van der Waals surface area (Å²) < 4.78 is 12.7. The highest BCUT2D eigenvalue weighted by molar-refractivity contribution is 6.46. The van der Waals surface area contributed by atoms with Crippen molar-refractivity contribution < 1.29 is 24.2 Å². The molecule has 0 aliphatic carbocycles. The maximum Gasteiger partial charge on any atom is 0.295 e. The molecule has 0 bridgehead atoms. The number of ether oxygens (including phenoxy) is 2. The zero-order valence-electron chi connectivity index (χ0n) is 21.1. The molecule has 4 rings (SSSR count). The Balaban J connectivity index is 1.91. The minimum atomic E-state index is -0.866. The molecule has 1 unspecified atom stereocenters. The van der Waals surface area contributed by atoms with Gasteiger partial charge < -0.3 is 24.4 Å². The van der Waals surface area contributed by atoms with Crippen LogP contribution in [0.2, 0.25) is 0 Å². The lowest BCUT2D eigenvalue weighted by Crippen LogP contribution is -2.35. The number of nitrogens with zero attached hydrogens (tertiary/aromatic N) is 4. The van der Waals surface area contributed by atoms with Gasteiger partial charge in [-0.1, -0.05) is 18.2 Å². The van der Waals surface area contributed by atoms with E-state index in [9.17, 15) is 14.7 Å². The number of amides is 1. The van der Waals surface area contributed by atoms with Crippen LogP contribution >= 0.6 is 0 Å². The SMILES string of the molecule is COc1ccc(OC)c(C2C(=C(O)c3cnn(-c4ccccc4)c3C)C(=O)C(=O)N2CCN(C)C)c1. The number of carbonyl (C=O) groups is 2. The van der Waals surface area contributed by atoms with Crippen LogP contribution in [0.3, 0.4) is 0 Å². The number of aromatic nitrogens is 2. The summed E-state index contributed by atoms with van der Waals surface area (Å²) in [5.74, 6) is -0.707. The van der Waals surface area contributed by atoms with Gasteiger partial charge in [-0.25, -0.2) is 4.68 Å². The number of rotatable bonds is 8. The monoisotopic (exact) mass is 490 g/mol. The summed E-state index contributed by atoms with van der Waals surface area (Å²) in [5.41, 5.74) is 2.35. The number of methoxy groups -OCH3 is 2. The van der Waals surface area contributed by atoms with Crippen LogP contribution in [0.15, 0.2) is 60.3 Å². The summed E-state index contributed by atoms with van der Waals surface area (Å²) in [5, 5.41) is 15.9. The van der Waals surface area contributed by atoms with Crippen molar-refractivity contribution in [1.29, 1.82) is 0 Å². The third-order valence-electron chi connectivity index (χ3n) is 6.33. The first-order chi connectivity index (χ1) is 17.3. The van der Waals surface area contributed by atoms with E-state index in [1.165, 1.54) is 25.3 Å². The molecule has 1 N–H and O–H groups in total. The highest BCUT2D eigenvalue weighted by Crippen LogP contribution is 2.44. The molecule has 1 aliphatic heterocycles. The molecule has 2 aromatic carbocycles. The number of para-hydroxylation sites is 1. The quantitative estimate of drug-likeness (QED) is 0.294. The van der Waals surface area contributed by atoms with Crippen LogP contribution in [0.5, 0.6) is 11.5 Å². The van der Waals surface area contributed by atoms with Gasteiger partial charge in [0.25, 0.3) is 11.7 Å². The van der Waals surface area contributed by atoms with E-state index in [4.69, 9.17) is 9.47 Å². The van der Waals surface area contributed by atoms with Crippen molar-refractivity contribution >= 4 is 17.4 Å². The Morgan fingerprint density at radius 3 is 2.44 bits per heavy atom. The normalized spacial score (nSPS) is 17.2. The molecule has 2 heterocycles. The van der Waals surface area contributed by atoms with Gasteiger partial charge in [-0.3, -0.25) is 9.59 Å². The predicted molar refractivity (Wildman–Crippen MR) is 135 cm³/mol. The Kier molecular flexibility index (Phi) is 7.12. The van der Waals surface area contributed by atoms with Crippen LogP contribution in [-0.4, -0.2) is 77.8 Å². The molecule has 1 saturated heterocycles. The van der Waals surface area contributed by atoms with Crippen molar-refractivity contribution in [3.05, 3.63) is 77.1 Å². The van der Waals surface area contributed by atoms with E-state index < -0.39 is 17.7 Å². The van der Waals surface area contributed by atoms with Crippen LogP contribution in [0, 0.1) is 6.92 Å². The van der Waals surface area contributed by atoms with E-state index in [2.05, 4.69) is 5.10 Å². The fourth-order valence-corrected chi connectivity index (χ4v) is 4.41. The molecule has 1 aliphatic rings. The summed E-state index contributed by atoms with van der Waals surface area (Å²) in [7, 11) is 6.83. The zero-order valence-corrected chi connectivity index (χ0v) is 21.1. The highest BCUT2D eigenvalue weighted by atomic mass is 16.5. The molecule has 9 nitrogen and oxygen atoms in total. The topological polar surface area (TPSA) is 97.1 Å². The summed E-state index contributed by atoms with van der Waals surface area (Å²) in [6.07, 6.45) is 1.50. The van der Waals surface area contributed by atoms with Gasteiger partial charge in [-0.05, 0) is 51.4 Å². The molecule has 188 valence electrons. The Bertz CT molecular complexity index is 1310. The first-order valence-electron chi connectivity index (χ1n) is 11.5. The third kappa shape index (κ3) is 4.45. The van der Waals surface area contributed by atoms with Crippen LogP contribution in [0.4, 0.5) is 0 Å². The number of ketones is 1. The molecule has 9 heteroatoms. The minimum Gasteiger partial charge on any atom is -0.507 e. The lowest BCUT2D eigenvalue weighted by atomic mass is 9.94. The average Bonchev–Trinajstić information content (AvgIpc) is 3.39. The van der Waals surface area contributed by atoms with Crippen molar-refractivity contribution in [3.63, 3.8) is 0 Å². The first kappa shape index (κ1) is 25.0. The Morgan fingerprint density at radius 2 is 1.81 bits per heavy atom. The Labute approximate surface area is 210 Å². The summed E-state index contributed by atoms with van der Waals surface area (Å²) in [6, 6.07) is 13.8. The number of likely N-dealkylation sites (N-methyl/N-ethyl adjacent to an activating group) is 1. The van der Waals surface area contributed by atoms with E-state index in [1.54, 1.807) is 29.8 Å². The van der Waals surface area contributed by atoms with Crippen molar-refractivity contribution in [2.75, 3.05) is 41.4 Å². The smallest absolute Gasteiger partial charge is 0.295 e. The third-order valence-corrected chi connectivity index (χ3v) is 6.33. The van der Waals surface area contributed by atoms with Gasteiger partial charge >= 0.3 is 0 Å². The van der Waals surface area contributed by atoms with Crippen molar-refractivity contribution in [3.8, 4) is 17.2 Å². The lowest BCUT2D eigenvalue weighted by molar-refractivity contribution is -0.140. The Hall–Kier alpha value is -4.11. The number of likely N-dealkylation sites (tertiary alicyclic amines) is 1. The van der Waals surface area contributed by atoms with Gasteiger partial charge in [-0.2, -0.15) is 5.10 Å².